The van der Waals surface area contributed by atoms with Crippen LogP contribution in [0.1, 0.15) is 0 Å². The molecule has 0 amide bonds. The molecule has 0 unspecified atom stereocenters. The summed E-state index contributed by atoms with van der Waals surface area (Å²) < 4.78 is 0. The fourth-order valence-electron chi connectivity index (χ4n) is 0. The molecule has 0 aromatic carbocycles. The predicted molar refractivity (Wildman–Crippen MR) is 44.9 cm³/mol. The van der Waals surface area contributed by atoms with Gasteiger partial charge in [0.1, 0.15) is 0 Å². The largest absolute Gasteiger partial charge is 0.412 e. The lowest BCUT2D eigenvalue weighted by Crippen LogP contribution is -0.289. The van der Waals surface area contributed by atoms with E-state index in [0.717, 1.165) is 0 Å². The second-order valence-electron chi connectivity index (χ2n) is 0. The van der Waals surface area contributed by atoms with Crippen LogP contribution in [0.25, 0.3) is 0 Å². The highest BCUT2D eigenvalue weighted by Crippen LogP contribution is 0.849. The Morgan fingerprint density at radius 3 is 0.400 bits per heavy atom. The van der Waals surface area contributed by atoms with Crippen LogP contribution in [-0.2, 0) is 0 Å². The lowest BCUT2D eigenvalue weighted by atomic mass is 16.0. The Morgan fingerprint density at radius 2 is 0.400 bits per heavy atom. The van der Waals surface area contributed by atoms with Crippen molar-refractivity contribution in [1.29, 1.82) is 0 Å². The van der Waals surface area contributed by atoms with Gasteiger partial charge in [0.15, 0.2) is 0 Å². The SMILES string of the molecule is Br.Br.Br.Br.O. The quantitative estimate of drug-likeness (QED) is 0.639. The predicted octanol–water partition coefficient (Wildman–Crippen LogP) is 1.49. The molecule has 0 saturated carbocycles. The number of hydrogen-bond acceptors (Lipinski definition) is 0. The lowest BCUT2D eigenvalue weighted by Gasteiger charge is -0.412. The summed E-state index contributed by atoms with van der Waals surface area (Å²) in [6, 6.07) is 0. The Bertz CT molecular complexity index is 3.61. The number of hydrogen-bond donors (Lipinski definition) is 0. The number of rotatable bonds is 0. The van der Waals surface area contributed by atoms with Crippen LogP contribution in [0.15, 0.2) is 0 Å². The first kappa shape index (κ1) is 67.3. The molecule has 5 heteroatoms. The zero-order valence-electron chi connectivity index (χ0n) is 2.13. The van der Waals surface area contributed by atoms with E-state index in [4.69, 9.17) is 0 Å². The van der Waals surface area contributed by atoms with Crippen LogP contribution in [0.5, 0.6) is 0 Å². The van der Waals surface area contributed by atoms with E-state index in [1.54, 1.807) is 0 Å². The highest BCUT2D eigenvalue weighted by molar-refractivity contribution is 8.93. The van der Waals surface area contributed by atoms with Crippen LogP contribution >= 0.6 is 67.9 Å². The van der Waals surface area contributed by atoms with Crippen molar-refractivity contribution in [3.05, 3.63) is 0 Å². The molecule has 0 aromatic heterocycles. The summed E-state index contributed by atoms with van der Waals surface area (Å²) in [4.78, 5) is 0. The summed E-state index contributed by atoms with van der Waals surface area (Å²) in [5.41, 5.74) is 0. The third-order valence-corrected chi connectivity index (χ3v) is 0. The second kappa shape index (κ2) is 39.6. The fourth-order valence-corrected chi connectivity index (χ4v) is 0. The smallest absolute Gasteiger partial charge is 0.114 e. The van der Waals surface area contributed by atoms with Gasteiger partial charge in [0, 0.05) is 0 Å². The summed E-state index contributed by atoms with van der Waals surface area (Å²) in [5, 5.41) is 0. The first-order valence-electron chi connectivity index (χ1n) is 0. The van der Waals surface area contributed by atoms with Gasteiger partial charge in [-0.15, -0.1) is 67.9 Å². The average molecular weight is 342 g/mol. The van der Waals surface area contributed by atoms with Crippen molar-refractivity contribution >= 4 is 67.9 Å². The monoisotopic (exact) mass is 338 g/mol. The fraction of sp³-hybridized carbons (Fsp3) is 0. The topological polar surface area (TPSA) is 31.5 Å². The third kappa shape index (κ3) is 25.0. The first-order valence-corrected chi connectivity index (χ1v) is 0. The zero-order valence-corrected chi connectivity index (χ0v) is 8.99. The van der Waals surface area contributed by atoms with Crippen LogP contribution in [0, 0.1) is 0 Å². The Morgan fingerprint density at radius 1 is 0.400 bits per heavy atom. The molecule has 0 atom stereocenters. The molecule has 0 spiro atoms. The van der Waals surface area contributed by atoms with Gasteiger partial charge < -0.3 is 5.48 Å². The Hall–Kier alpha value is 1.88. The molecule has 0 radical (unpaired) electrons. The van der Waals surface area contributed by atoms with Crippen LogP contribution in [-0.4, -0.2) is 5.48 Å². The third-order valence-electron chi connectivity index (χ3n) is 0. The van der Waals surface area contributed by atoms with Crippen LogP contribution in [0.3, 0.4) is 0 Å². The van der Waals surface area contributed by atoms with E-state index >= 15 is 0 Å². The molecule has 5 heavy (non-hydrogen) atoms. The molecule has 0 aliphatic rings. The zero-order chi connectivity index (χ0) is 0. The average Bonchev–Trinajstić information content (AvgIpc) is 0. The molecule has 0 bridgehead atoms. The Labute approximate surface area is 72.9 Å². The minimum atomic E-state index is 0. The molecule has 0 rings (SSSR count). The standard InChI is InChI=1S/4BrH.H2O/h4*1H;1H2. The van der Waals surface area contributed by atoms with Gasteiger partial charge >= 0.3 is 0 Å². The molecule has 0 aliphatic heterocycles. The minimum Gasteiger partial charge on any atom is -0.412 e. The van der Waals surface area contributed by atoms with Gasteiger partial charge in [0.2, 0.25) is 0 Å². The van der Waals surface area contributed by atoms with Gasteiger partial charge in [-0.1, -0.05) is 0 Å². The summed E-state index contributed by atoms with van der Waals surface area (Å²) >= 11 is 0. The van der Waals surface area contributed by atoms with E-state index in [1.165, 1.54) is 0 Å². The van der Waals surface area contributed by atoms with Crippen molar-refractivity contribution in [3.8, 4) is 0 Å². The molecule has 0 heterocycles. The highest BCUT2D eigenvalue weighted by atomic mass is 79.9. The van der Waals surface area contributed by atoms with E-state index < -0.39 is 0 Å². The normalized spacial score (nSPS) is 0. The van der Waals surface area contributed by atoms with Crippen LogP contribution in [0.4, 0.5) is 0 Å². The first-order chi connectivity index (χ1) is 0. The van der Waals surface area contributed by atoms with E-state index in [1.807, 2.05) is 0 Å². The second-order valence-corrected chi connectivity index (χ2v) is 0. The molecular formula is H6Br4O. The summed E-state index contributed by atoms with van der Waals surface area (Å²) in [6.07, 6.45) is 0. The Kier molecular flexibility index (Phi) is 533. The van der Waals surface area contributed by atoms with Crippen molar-refractivity contribution in [2.45, 2.75) is 0 Å². The van der Waals surface area contributed by atoms with Gasteiger partial charge in [0.25, 0.3) is 0 Å². The molecule has 0 aliphatic carbocycles. The van der Waals surface area contributed by atoms with Crippen molar-refractivity contribution < 1.29 is 5.48 Å². The molecule has 0 saturated heterocycles. The molecule has 0 fully saturated rings. The Balaban J connectivity index is 0. The molecular weight excluding hydrogens is 336 g/mol. The maximum Gasteiger partial charge on any atom is -0.114 e. The highest BCUT2D eigenvalue weighted by Gasteiger charge is -0.111. The van der Waals surface area contributed by atoms with E-state index in [0.29, 0.717) is 0 Å². The maximum atomic E-state index is 0. The molecule has 2 N–H and O–H groups in total. The summed E-state index contributed by atoms with van der Waals surface area (Å²) in [5.74, 6) is 0. The molecule has 40 valence electrons. The molecule has 1 nitrogen and oxygen atoms in total. The minimum absolute atomic E-state index is 0. The van der Waals surface area contributed by atoms with Crippen molar-refractivity contribution in [1.82, 2.24) is 0 Å². The summed E-state index contributed by atoms with van der Waals surface area (Å²) in [7, 11) is 0. The van der Waals surface area contributed by atoms with Crippen molar-refractivity contribution in [2.24, 2.45) is 0 Å². The maximum absolute atomic E-state index is 0. The van der Waals surface area contributed by atoms with Gasteiger partial charge in [0.05, 0.1) is 0 Å². The van der Waals surface area contributed by atoms with E-state index in [9.17, 15) is 0 Å². The van der Waals surface area contributed by atoms with Crippen molar-refractivity contribution in [2.75, 3.05) is 0 Å². The summed E-state index contributed by atoms with van der Waals surface area (Å²) in [6.45, 7) is 0. The van der Waals surface area contributed by atoms with Gasteiger partial charge in [-0.25, -0.2) is 0 Å². The van der Waals surface area contributed by atoms with Crippen LogP contribution in [0.2, 0.25) is 0 Å². The molecule has 0 aromatic rings. The van der Waals surface area contributed by atoms with Crippen molar-refractivity contribution in [3.63, 3.8) is 0 Å². The van der Waals surface area contributed by atoms with Crippen LogP contribution < -0.4 is 0 Å². The van der Waals surface area contributed by atoms with Gasteiger partial charge in [-0.3, -0.25) is 0 Å². The lowest BCUT2D eigenvalue weighted by molar-refractivity contribution is 0.824. The van der Waals surface area contributed by atoms with Gasteiger partial charge in [-0.05, 0) is 0 Å². The van der Waals surface area contributed by atoms with E-state index in [2.05, 4.69) is 0 Å². The van der Waals surface area contributed by atoms with E-state index in [-0.39, 0.29) is 73.4 Å². The van der Waals surface area contributed by atoms with Gasteiger partial charge in [-0.2, -0.15) is 0 Å². The number of halogens is 4.